The summed E-state index contributed by atoms with van der Waals surface area (Å²) in [5.74, 6) is -0.196. The Morgan fingerprint density at radius 2 is 0.519 bits per heavy atom. The molecule has 0 saturated heterocycles. The largest absolute Gasteiger partial charge is 0.285 e. The second-order valence-electron chi connectivity index (χ2n) is 12.8. The number of nitrogens with zero attached hydrogens (tertiary/aromatic N) is 2. The summed E-state index contributed by atoms with van der Waals surface area (Å²) in [5, 5.41) is 9.02. The number of pyridine rings is 2. The summed E-state index contributed by atoms with van der Waals surface area (Å²) in [4.78, 5) is 25.3. The average Bonchev–Trinajstić information content (AvgIpc) is 3.24. The van der Waals surface area contributed by atoms with Crippen LogP contribution < -0.4 is 41.8 Å². The van der Waals surface area contributed by atoms with Crippen molar-refractivity contribution >= 4 is 63.7 Å². The van der Waals surface area contributed by atoms with Gasteiger partial charge in [0.2, 0.25) is 21.9 Å². The molecule has 8 rings (SSSR count). The summed E-state index contributed by atoms with van der Waals surface area (Å²) in [6, 6.07) is 75.7. The SMILES string of the molecule is O=C(c1cccc([Si](c2ccccc2)(c2ccccc2)c2ccccc2)n1)c1cccc([Si](c2ccccc2)(c2ccccc2)c2ccccc2)n1. The number of hydrogen-bond acceptors (Lipinski definition) is 3. The van der Waals surface area contributed by atoms with Crippen LogP contribution >= 0.6 is 0 Å². The van der Waals surface area contributed by atoms with Gasteiger partial charge in [0.05, 0.1) is 0 Å². The minimum Gasteiger partial charge on any atom is -0.285 e. The topological polar surface area (TPSA) is 42.9 Å². The van der Waals surface area contributed by atoms with Crippen LogP contribution in [0.25, 0.3) is 0 Å². The summed E-state index contributed by atoms with van der Waals surface area (Å²) in [6.07, 6.45) is 0. The van der Waals surface area contributed by atoms with Gasteiger partial charge >= 0.3 is 0 Å². The van der Waals surface area contributed by atoms with Gasteiger partial charge in [0.15, 0.2) is 0 Å². The molecule has 0 saturated carbocycles. The van der Waals surface area contributed by atoms with Gasteiger partial charge in [-0.3, -0.25) is 14.8 Å². The van der Waals surface area contributed by atoms with Gasteiger partial charge in [0.25, 0.3) is 0 Å². The zero-order chi connectivity index (χ0) is 35.2. The van der Waals surface area contributed by atoms with Gasteiger partial charge in [0, 0.05) is 10.6 Å². The zero-order valence-corrected chi connectivity index (χ0v) is 30.6. The summed E-state index contributed by atoms with van der Waals surface area (Å²) < 4.78 is 0. The second-order valence-corrected chi connectivity index (χ2v) is 20.3. The van der Waals surface area contributed by atoms with Crippen LogP contribution in [0.2, 0.25) is 0 Å². The van der Waals surface area contributed by atoms with Gasteiger partial charge in [-0.25, -0.2) is 0 Å². The van der Waals surface area contributed by atoms with Crippen molar-refractivity contribution in [3.63, 3.8) is 0 Å². The zero-order valence-electron chi connectivity index (χ0n) is 28.6. The van der Waals surface area contributed by atoms with Crippen molar-refractivity contribution in [2.75, 3.05) is 0 Å². The molecule has 3 nitrogen and oxygen atoms in total. The minimum atomic E-state index is -2.93. The highest BCUT2D eigenvalue weighted by Crippen LogP contribution is 2.13. The van der Waals surface area contributed by atoms with Crippen LogP contribution in [-0.2, 0) is 0 Å². The van der Waals surface area contributed by atoms with Gasteiger partial charge in [-0.05, 0) is 55.4 Å². The van der Waals surface area contributed by atoms with E-state index in [1.165, 1.54) is 31.1 Å². The van der Waals surface area contributed by atoms with Gasteiger partial charge in [-0.15, -0.1) is 0 Å². The molecule has 2 aromatic heterocycles. The Kier molecular flexibility index (Phi) is 9.19. The van der Waals surface area contributed by atoms with E-state index in [0.717, 1.165) is 10.6 Å². The van der Waals surface area contributed by atoms with E-state index in [9.17, 15) is 4.79 Å². The molecule has 0 aliphatic rings. The van der Waals surface area contributed by atoms with E-state index in [2.05, 4.69) is 158 Å². The number of ketones is 1. The van der Waals surface area contributed by atoms with Crippen molar-refractivity contribution in [3.05, 3.63) is 230 Å². The van der Waals surface area contributed by atoms with Crippen LogP contribution in [0.5, 0.6) is 0 Å². The monoisotopic (exact) mass is 700 g/mol. The summed E-state index contributed by atoms with van der Waals surface area (Å²) in [5.41, 5.74) is 0.765. The molecule has 0 aliphatic heterocycles. The van der Waals surface area contributed by atoms with Crippen LogP contribution in [0.1, 0.15) is 16.2 Å². The van der Waals surface area contributed by atoms with Crippen LogP contribution in [0.15, 0.2) is 218 Å². The number of carbonyl (C=O) groups is 1. The molecule has 0 bridgehead atoms. The molecular weight excluding hydrogens is 665 g/mol. The van der Waals surface area contributed by atoms with Crippen molar-refractivity contribution in [2.24, 2.45) is 0 Å². The molecule has 0 amide bonds. The molecule has 0 aliphatic carbocycles. The fourth-order valence-corrected chi connectivity index (χ4v) is 16.9. The van der Waals surface area contributed by atoms with Gasteiger partial charge in [-0.2, -0.15) is 0 Å². The third-order valence-corrected chi connectivity index (χ3v) is 19.3. The molecule has 52 heavy (non-hydrogen) atoms. The summed E-state index contributed by atoms with van der Waals surface area (Å²) in [7, 11) is -5.86. The molecular formula is C47H36N2OSi2. The first-order chi connectivity index (χ1) is 25.7. The van der Waals surface area contributed by atoms with Crippen molar-refractivity contribution in [1.29, 1.82) is 0 Å². The molecule has 8 aromatic rings. The van der Waals surface area contributed by atoms with E-state index >= 15 is 0 Å². The lowest BCUT2D eigenvalue weighted by molar-refractivity contribution is 0.103. The summed E-state index contributed by atoms with van der Waals surface area (Å²) >= 11 is 0. The minimum absolute atomic E-state index is 0.196. The predicted octanol–water partition coefficient (Wildman–Crippen LogP) is 4.46. The van der Waals surface area contributed by atoms with Gasteiger partial charge in [0.1, 0.15) is 11.4 Å². The van der Waals surface area contributed by atoms with Crippen molar-refractivity contribution in [3.8, 4) is 0 Å². The molecule has 2 heterocycles. The maximum atomic E-state index is 14.7. The predicted molar refractivity (Wildman–Crippen MR) is 219 cm³/mol. The first-order valence-electron chi connectivity index (χ1n) is 17.6. The van der Waals surface area contributed by atoms with E-state index in [-0.39, 0.29) is 5.78 Å². The third-order valence-electron chi connectivity index (χ3n) is 9.97. The van der Waals surface area contributed by atoms with Gasteiger partial charge in [-0.1, -0.05) is 194 Å². The molecule has 0 unspecified atom stereocenters. The molecule has 5 heteroatoms. The maximum Gasteiger partial charge on any atom is 0.229 e. The number of hydrogen-bond donors (Lipinski definition) is 0. The van der Waals surface area contributed by atoms with Crippen molar-refractivity contribution < 1.29 is 4.79 Å². The summed E-state index contributed by atoms with van der Waals surface area (Å²) in [6.45, 7) is 0. The Labute approximate surface area is 307 Å². The number of rotatable bonds is 10. The fourth-order valence-electron chi connectivity index (χ4n) is 7.69. The Balaban J connectivity index is 1.32. The number of aromatic nitrogens is 2. The lowest BCUT2D eigenvalue weighted by Gasteiger charge is -2.33. The quantitative estimate of drug-likeness (QED) is 0.120. The van der Waals surface area contributed by atoms with E-state index in [0.29, 0.717) is 11.4 Å². The highest BCUT2D eigenvalue weighted by Gasteiger charge is 2.44. The van der Waals surface area contributed by atoms with E-state index in [1.54, 1.807) is 0 Å². The van der Waals surface area contributed by atoms with E-state index < -0.39 is 16.1 Å². The molecule has 0 radical (unpaired) electrons. The van der Waals surface area contributed by atoms with Gasteiger partial charge < -0.3 is 0 Å². The fraction of sp³-hybridized carbons (Fsp3) is 0. The standard InChI is InChI=1S/C47H36N2OSi2/c50-47(43-33-19-35-45(48-43)51(37-21-7-1-8-22-37,38-23-9-2-10-24-38)39-25-11-3-12-26-39)44-34-20-36-46(49-44)52(40-27-13-4-14-28-40,41-29-15-5-16-30-41)42-31-17-6-18-32-42/h1-36H. The molecule has 0 spiro atoms. The van der Waals surface area contributed by atoms with Crippen LogP contribution in [0.3, 0.4) is 0 Å². The Morgan fingerprint density at radius 3 is 0.750 bits per heavy atom. The van der Waals surface area contributed by atoms with E-state index in [4.69, 9.17) is 9.97 Å². The smallest absolute Gasteiger partial charge is 0.229 e. The van der Waals surface area contributed by atoms with Crippen LogP contribution in [0, 0.1) is 0 Å². The molecule has 0 fully saturated rings. The Bertz CT molecular complexity index is 2040. The Hall–Kier alpha value is -6.28. The average molecular weight is 701 g/mol. The molecule has 6 aromatic carbocycles. The number of benzene rings is 6. The normalized spacial score (nSPS) is 11.5. The number of carbonyl (C=O) groups excluding carboxylic acids is 1. The molecule has 0 atom stereocenters. The maximum absolute atomic E-state index is 14.7. The first kappa shape index (κ1) is 32.9. The molecule has 248 valence electrons. The van der Waals surface area contributed by atoms with Crippen molar-refractivity contribution in [2.45, 2.75) is 0 Å². The second kappa shape index (κ2) is 14.5. The Morgan fingerprint density at radius 1 is 0.288 bits per heavy atom. The first-order valence-corrected chi connectivity index (χ1v) is 21.6. The lowest BCUT2D eigenvalue weighted by Crippen LogP contribution is -2.75. The van der Waals surface area contributed by atoms with Crippen LogP contribution in [-0.4, -0.2) is 31.9 Å². The van der Waals surface area contributed by atoms with Crippen molar-refractivity contribution in [1.82, 2.24) is 9.97 Å². The highest BCUT2D eigenvalue weighted by atomic mass is 28.3. The van der Waals surface area contributed by atoms with Crippen LogP contribution in [0.4, 0.5) is 0 Å². The lowest BCUT2D eigenvalue weighted by atomic mass is 10.2. The van der Waals surface area contributed by atoms with E-state index in [1.807, 2.05) is 60.7 Å². The highest BCUT2D eigenvalue weighted by molar-refractivity contribution is 7.20. The third kappa shape index (κ3) is 5.76. The molecule has 0 N–H and O–H groups in total.